The fourth-order valence-electron chi connectivity index (χ4n) is 3.14. The Morgan fingerprint density at radius 1 is 1.16 bits per heavy atom. The summed E-state index contributed by atoms with van der Waals surface area (Å²) in [5, 5.41) is 4.76. The quantitative estimate of drug-likeness (QED) is 0.209. The molecule has 1 aliphatic rings. The summed E-state index contributed by atoms with van der Waals surface area (Å²) in [7, 11) is -4.03. The molecule has 0 saturated carbocycles. The Balaban J connectivity index is 1.57. The smallest absolute Gasteiger partial charge is 0.333 e. The molecule has 3 heterocycles. The Kier molecular flexibility index (Phi) is 6.61. The van der Waals surface area contributed by atoms with E-state index in [2.05, 4.69) is 41.7 Å². The fraction of sp³-hybridized carbons (Fsp3) is 0.353. The van der Waals surface area contributed by atoms with Crippen LogP contribution < -0.4 is 20.3 Å². The van der Waals surface area contributed by atoms with Crippen molar-refractivity contribution in [1.82, 2.24) is 19.5 Å². The van der Waals surface area contributed by atoms with E-state index in [4.69, 9.17) is 25.1 Å². The van der Waals surface area contributed by atoms with Gasteiger partial charge in [-0.15, -0.1) is 0 Å². The van der Waals surface area contributed by atoms with Crippen LogP contribution in [0, 0.1) is 9.65 Å². The van der Waals surface area contributed by atoms with Gasteiger partial charge in [0.2, 0.25) is 6.79 Å². The first-order chi connectivity index (χ1) is 15.2. The predicted octanol–water partition coefficient (Wildman–Crippen LogP) is 0.708. The third-order valence-corrected chi connectivity index (χ3v) is 6.00. The van der Waals surface area contributed by atoms with Crippen molar-refractivity contribution in [3.8, 4) is 11.5 Å². The lowest BCUT2D eigenvalue weighted by Gasteiger charge is -2.11. The molecule has 32 heavy (non-hydrogen) atoms. The third kappa shape index (κ3) is 5.17. The van der Waals surface area contributed by atoms with E-state index < -0.39 is 16.4 Å². The summed E-state index contributed by atoms with van der Waals surface area (Å²) in [6.45, 7) is 0.319. The number of fused-ring (bicyclic) bond motifs is 2. The number of benzene rings is 1. The highest BCUT2D eigenvalue weighted by atomic mass is 127. The molecule has 12 nitrogen and oxygen atoms in total. The molecule has 0 unspecified atom stereocenters. The maximum atomic E-state index is 13.8. The Morgan fingerprint density at radius 2 is 1.91 bits per heavy atom. The molecule has 0 saturated heterocycles. The van der Waals surface area contributed by atoms with Crippen molar-refractivity contribution in [2.24, 2.45) is 5.14 Å². The number of nitrogen functional groups attached to an aromatic ring is 1. The second-order valence-electron chi connectivity index (χ2n) is 6.63. The number of hydrogen-bond donors (Lipinski definition) is 2. The lowest BCUT2D eigenvalue weighted by Crippen LogP contribution is -2.19. The molecule has 1 aliphatic heterocycles. The van der Waals surface area contributed by atoms with E-state index in [-0.39, 0.29) is 50.1 Å². The van der Waals surface area contributed by atoms with E-state index >= 15 is 0 Å². The van der Waals surface area contributed by atoms with Gasteiger partial charge in [0.15, 0.2) is 28.5 Å². The monoisotopic (exact) mass is 580 g/mol. The molecule has 1 aromatic carbocycles. The highest BCUT2D eigenvalue weighted by Gasteiger charge is 2.21. The van der Waals surface area contributed by atoms with Crippen LogP contribution in [0.1, 0.15) is 11.4 Å². The van der Waals surface area contributed by atoms with Crippen molar-refractivity contribution in [3.63, 3.8) is 0 Å². The van der Waals surface area contributed by atoms with E-state index in [1.165, 1.54) is 0 Å². The zero-order chi connectivity index (χ0) is 22.9. The van der Waals surface area contributed by atoms with Crippen LogP contribution in [0.4, 0.5) is 10.2 Å². The molecule has 4 rings (SSSR count). The summed E-state index contributed by atoms with van der Waals surface area (Å²) >= 11 is 2.19. The van der Waals surface area contributed by atoms with Crippen LogP contribution in [0.5, 0.6) is 11.5 Å². The summed E-state index contributed by atoms with van der Waals surface area (Å²) in [5.74, 6) is 1.79. The molecule has 3 aromatic rings. The molecule has 0 atom stereocenters. The van der Waals surface area contributed by atoms with Crippen LogP contribution in [0.15, 0.2) is 12.1 Å². The van der Waals surface area contributed by atoms with Gasteiger partial charge < -0.3 is 24.5 Å². The zero-order valence-electron chi connectivity index (χ0n) is 16.5. The van der Waals surface area contributed by atoms with Crippen molar-refractivity contribution in [3.05, 3.63) is 33.2 Å². The lowest BCUT2D eigenvalue weighted by atomic mass is 10.1. The second kappa shape index (κ2) is 9.26. The van der Waals surface area contributed by atoms with Gasteiger partial charge >= 0.3 is 16.4 Å². The van der Waals surface area contributed by atoms with Crippen LogP contribution in [-0.4, -0.2) is 54.6 Å². The topological polar surface area (TPSA) is 167 Å². The lowest BCUT2D eigenvalue weighted by molar-refractivity contribution is 0.0963. The molecule has 0 fully saturated rings. The van der Waals surface area contributed by atoms with Crippen molar-refractivity contribution >= 4 is 49.9 Å². The van der Waals surface area contributed by atoms with Crippen LogP contribution in [0.3, 0.4) is 0 Å². The number of rotatable bonds is 9. The van der Waals surface area contributed by atoms with Crippen molar-refractivity contribution in [2.45, 2.75) is 13.0 Å². The van der Waals surface area contributed by atoms with E-state index in [9.17, 15) is 12.8 Å². The standard InChI is InChI=1S/C17H18FIN6O6S/c18-17-23-15(20)14-16(24-17)25(1-2-28-3-4-31-32(21,26)27)13(22-14)6-9-5-11-12(7-10(9)19)30-8-29-11/h5,7H,1-4,6,8H2,(H2,20,23,24)(H2,21,26,27). The van der Waals surface area contributed by atoms with Crippen molar-refractivity contribution in [2.75, 3.05) is 32.3 Å². The number of nitrogens with two attached hydrogens (primary N) is 2. The average Bonchev–Trinajstić information content (AvgIpc) is 3.28. The van der Waals surface area contributed by atoms with Crippen molar-refractivity contribution < 1.29 is 31.2 Å². The van der Waals surface area contributed by atoms with Gasteiger partial charge in [-0.25, -0.2) is 10.1 Å². The molecular weight excluding hydrogens is 562 g/mol. The minimum Gasteiger partial charge on any atom is -0.454 e. The van der Waals surface area contributed by atoms with Gasteiger partial charge in [0, 0.05) is 16.5 Å². The first-order valence-electron chi connectivity index (χ1n) is 9.22. The van der Waals surface area contributed by atoms with Gasteiger partial charge in [-0.05, 0) is 40.3 Å². The highest BCUT2D eigenvalue weighted by molar-refractivity contribution is 14.1. The second-order valence-corrected chi connectivity index (χ2v) is 9.01. The molecule has 0 bridgehead atoms. The maximum Gasteiger partial charge on any atom is 0.333 e. The molecular formula is C17H18FIN6O6S. The highest BCUT2D eigenvalue weighted by Crippen LogP contribution is 2.36. The first kappa shape index (κ1) is 22.8. The normalized spacial score (nSPS) is 13.2. The van der Waals surface area contributed by atoms with Gasteiger partial charge in [0.05, 0.1) is 19.8 Å². The molecule has 0 radical (unpaired) electrons. The summed E-state index contributed by atoms with van der Waals surface area (Å²) < 4.78 is 58.7. The predicted molar refractivity (Wildman–Crippen MR) is 118 cm³/mol. The number of hydrogen-bond acceptors (Lipinski definition) is 10. The molecule has 172 valence electrons. The Hall–Kier alpha value is -2.34. The van der Waals surface area contributed by atoms with Gasteiger partial charge in [-0.2, -0.15) is 22.8 Å². The van der Waals surface area contributed by atoms with Crippen LogP contribution in [-0.2, 0) is 32.2 Å². The minimum absolute atomic E-state index is 0.00998. The number of anilines is 1. The fourth-order valence-corrected chi connectivity index (χ4v) is 4.07. The zero-order valence-corrected chi connectivity index (χ0v) is 19.4. The number of halogens is 2. The Labute approximate surface area is 195 Å². The Morgan fingerprint density at radius 3 is 2.66 bits per heavy atom. The largest absolute Gasteiger partial charge is 0.454 e. The third-order valence-electron chi connectivity index (χ3n) is 4.50. The minimum atomic E-state index is -4.03. The number of aromatic nitrogens is 4. The van der Waals surface area contributed by atoms with Gasteiger partial charge in [0.25, 0.3) is 0 Å². The van der Waals surface area contributed by atoms with Crippen LogP contribution in [0.2, 0.25) is 0 Å². The molecule has 0 amide bonds. The summed E-state index contributed by atoms with van der Waals surface area (Å²) in [6.07, 6.45) is -0.594. The Bertz CT molecular complexity index is 1270. The number of ether oxygens (including phenoxy) is 3. The van der Waals surface area contributed by atoms with E-state index in [0.29, 0.717) is 23.7 Å². The van der Waals surface area contributed by atoms with Gasteiger partial charge in [0.1, 0.15) is 5.82 Å². The molecule has 0 spiro atoms. The SMILES string of the molecule is Nc1nc(F)nc2c1nc(Cc1cc3c(cc1I)OCO3)n2CCOCCOS(N)(=O)=O. The summed E-state index contributed by atoms with van der Waals surface area (Å²) in [4.78, 5) is 11.9. The van der Waals surface area contributed by atoms with E-state index in [0.717, 1.165) is 9.13 Å². The number of imidazole rings is 1. The van der Waals surface area contributed by atoms with Gasteiger partial charge in [-0.3, -0.25) is 4.18 Å². The van der Waals surface area contributed by atoms with E-state index in [1.54, 1.807) is 4.57 Å². The van der Waals surface area contributed by atoms with Crippen LogP contribution in [0.25, 0.3) is 11.2 Å². The van der Waals surface area contributed by atoms with Crippen LogP contribution >= 0.6 is 22.6 Å². The summed E-state index contributed by atoms with van der Waals surface area (Å²) in [5.41, 5.74) is 7.27. The van der Waals surface area contributed by atoms with Gasteiger partial charge in [-0.1, -0.05) is 0 Å². The molecule has 2 aromatic heterocycles. The molecule has 4 N–H and O–H groups in total. The summed E-state index contributed by atoms with van der Waals surface area (Å²) in [6, 6.07) is 3.73. The first-order valence-corrected chi connectivity index (χ1v) is 11.8. The number of nitrogens with zero attached hydrogens (tertiary/aromatic N) is 4. The molecule has 15 heteroatoms. The maximum absolute atomic E-state index is 13.8. The van der Waals surface area contributed by atoms with Crippen molar-refractivity contribution in [1.29, 1.82) is 0 Å². The molecule has 0 aliphatic carbocycles. The average molecular weight is 580 g/mol. The van der Waals surface area contributed by atoms with E-state index in [1.807, 2.05) is 12.1 Å².